The summed E-state index contributed by atoms with van der Waals surface area (Å²) in [4.78, 5) is 23.2. The Morgan fingerprint density at radius 3 is 2.32 bits per heavy atom. The number of benzene rings is 2. The maximum atomic E-state index is 12.7. The van der Waals surface area contributed by atoms with E-state index in [0.717, 1.165) is 17.7 Å². The first-order chi connectivity index (χ1) is 11.8. The minimum absolute atomic E-state index is 0.0742. The Kier molecular flexibility index (Phi) is 4.24. The molecule has 2 amide bonds. The largest absolute Gasteiger partial charge is 0.416 e. The molecule has 3 N–H and O–H groups in total. The Hall–Kier alpha value is -2.83. The van der Waals surface area contributed by atoms with Crippen molar-refractivity contribution in [2.24, 2.45) is 11.7 Å². The first kappa shape index (κ1) is 17.0. The van der Waals surface area contributed by atoms with E-state index in [9.17, 15) is 22.8 Å². The Morgan fingerprint density at radius 1 is 1.08 bits per heavy atom. The molecule has 25 heavy (non-hydrogen) atoms. The summed E-state index contributed by atoms with van der Waals surface area (Å²) in [6.45, 7) is 0. The molecule has 130 valence electrons. The lowest BCUT2D eigenvalue weighted by Crippen LogP contribution is -2.14. The summed E-state index contributed by atoms with van der Waals surface area (Å²) in [6, 6.07) is 11.1. The number of carbonyl (C=O) groups excluding carboxylic acids is 2. The lowest BCUT2D eigenvalue weighted by Gasteiger charge is -2.10. The van der Waals surface area contributed by atoms with Crippen LogP contribution in [0.2, 0.25) is 0 Å². The third-order valence-corrected chi connectivity index (χ3v) is 4.20. The number of amides is 2. The van der Waals surface area contributed by atoms with Gasteiger partial charge in [0.2, 0.25) is 5.91 Å². The van der Waals surface area contributed by atoms with Gasteiger partial charge in [-0.2, -0.15) is 13.2 Å². The molecule has 7 heteroatoms. The zero-order valence-corrected chi connectivity index (χ0v) is 13.0. The van der Waals surface area contributed by atoms with Crippen molar-refractivity contribution in [2.75, 3.05) is 5.32 Å². The molecule has 3 rings (SSSR count). The molecule has 0 saturated heterocycles. The van der Waals surface area contributed by atoms with Crippen molar-refractivity contribution in [2.45, 2.75) is 18.5 Å². The molecule has 2 unspecified atom stereocenters. The normalized spacial score (nSPS) is 19.3. The van der Waals surface area contributed by atoms with E-state index in [1.807, 2.05) is 0 Å². The maximum absolute atomic E-state index is 12.7. The monoisotopic (exact) mass is 348 g/mol. The predicted octanol–water partition coefficient (Wildman–Crippen LogP) is 3.55. The summed E-state index contributed by atoms with van der Waals surface area (Å²) >= 11 is 0. The summed E-state index contributed by atoms with van der Waals surface area (Å²) in [7, 11) is 0. The summed E-state index contributed by atoms with van der Waals surface area (Å²) in [5, 5.41) is 2.56. The van der Waals surface area contributed by atoms with E-state index < -0.39 is 17.6 Å². The van der Waals surface area contributed by atoms with Crippen molar-refractivity contribution < 1.29 is 22.8 Å². The first-order valence-corrected chi connectivity index (χ1v) is 7.63. The third-order valence-electron chi connectivity index (χ3n) is 4.20. The molecule has 2 aromatic rings. The highest BCUT2D eigenvalue weighted by molar-refractivity contribution is 6.04. The zero-order valence-electron chi connectivity index (χ0n) is 13.0. The van der Waals surface area contributed by atoms with Gasteiger partial charge < -0.3 is 11.1 Å². The highest BCUT2D eigenvalue weighted by atomic mass is 19.4. The number of nitrogens with one attached hydrogen (secondary N) is 1. The van der Waals surface area contributed by atoms with Crippen molar-refractivity contribution in [3.8, 4) is 0 Å². The lowest BCUT2D eigenvalue weighted by molar-refractivity contribution is -0.137. The van der Waals surface area contributed by atoms with Gasteiger partial charge in [-0.05, 0) is 48.2 Å². The van der Waals surface area contributed by atoms with Crippen molar-refractivity contribution in [3.05, 3.63) is 65.2 Å². The van der Waals surface area contributed by atoms with E-state index in [2.05, 4.69) is 5.32 Å². The molecule has 0 aromatic heterocycles. The number of halogens is 3. The number of anilines is 1. The molecule has 2 atom stereocenters. The quantitative estimate of drug-likeness (QED) is 0.887. The number of carbonyl (C=O) groups is 2. The molecule has 1 fully saturated rings. The van der Waals surface area contributed by atoms with Gasteiger partial charge in [-0.3, -0.25) is 9.59 Å². The topological polar surface area (TPSA) is 72.2 Å². The Balaban J connectivity index is 1.68. The second kappa shape index (κ2) is 6.23. The standard InChI is InChI=1S/C18H15F3N2O2/c19-18(20,21)12-3-1-2-11(8-12)17(25)23-13-6-4-10(5-7-13)14-9-15(14)16(22)24/h1-8,14-15H,9H2,(H2,22,24)(H,23,25). The smallest absolute Gasteiger partial charge is 0.369 e. The van der Waals surface area contributed by atoms with Crippen molar-refractivity contribution >= 4 is 17.5 Å². The van der Waals surface area contributed by atoms with Crippen molar-refractivity contribution in [1.82, 2.24) is 0 Å². The number of nitrogens with two attached hydrogens (primary N) is 1. The van der Waals surface area contributed by atoms with Crippen LogP contribution in [0.5, 0.6) is 0 Å². The summed E-state index contributed by atoms with van der Waals surface area (Å²) in [5.74, 6) is -0.997. The maximum Gasteiger partial charge on any atom is 0.416 e. The number of hydrogen-bond acceptors (Lipinski definition) is 2. The molecule has 0 radical (unpaired) electrons. The average Bonchev–Trinajstić information content (AvgIpc) is 3.36. The molecule has 0 spiro atoms. The first-order valence-electron chi connectivity index (χ1n) is 7.63. The zero-order chi connectivity index (χ0) is 18.2. The number of alkyl halides is 3. The van der Waals surface area contributed by atoms with Crippen LogP contribution in [0.1, 0.15) is 33.8 Å². The Bertz CT molecular complexity index is 816. The molecular formula is C18H15F3N2O2. The second-order valence-corrected chi connectivity index (χ2v) is 6.01. The molecule has 2 aromatic carbocycles. The number of primary amides is 1. The highest BCUT2D eigenvalue weighted by Gasteiger charge is 2.42. The molecule has 0 heterocycles. The summed E-state index contributed by atoms with van der Waals surface area (Å²) < 4.78 is 38.1. The molecular weight excluding hydrogens is 333 g/mol. The van der Waals surface area contributed by atoms with Gasteiger partial charge in [0, 0.05) is 17.2 Å². The van der Waals surface area contributed by atoms with Crippen LogP contribution in [0.15, 0.2) is 48.5 Å². The molecule has 1 aliphatic carbocycles. The molecule has 1 aliphatic rings. The third kappa shape index (κ3) is 3.81. The van der Waals surface area contributed by atoms with Crippen LogP contribution in [0, 0.1) is 5.92 Å². The molecule has 4 nitrogen and oxygen atoms in total. The van der Waals surface area contributed by atoms with E-state index in [0.29, 0.717) is 12.1 Å². The van der Waals surface area contributed by atoms with Crippen LogP contribution in [0.4, 0.5) is 18.9 Å². The minimum Gasteiger partial charge on any atom is -0.369 e. The van der Waals surface area contributed by atoms with Gasteiger partial charge in [-0.25, -0.2) is 0 Å². The van der Waals surface area contributed by atoms with Crippen LogP contribution in [-0.2, 0) is 11.0 Å². The van der Waals surface area contributed by atoms with E-state index in [-0.39, 0.29) is 23.3 Å². The predicted molar refractivity (Wildman–Crippen MR) is 85.9 cm³/mol. The molecule has 0 aliphatic heterocycles. The number of hydrogen-bond donors (Lipinski definition) is 2. The van der Waals surface area contributed by atoms with Crippen LogP contribution >= 0.6 is 0 Å². The fraction of sp³-hybridized carbons (Fsp3) is 0.222. The van der Waals surface area contributed by atoms with Crippen molar-refractivity contribution in [1.29, 1.82) is 0 Å². The van der Waals surface area contributed by atoms with Gasteiger partial charge in [0.1, 0.15) is 0 Å². The van der Waals surface area contributed by atoms with E-state index in [1.54, 1.807) is 24.3 Å². The minimum atomic E-state index is -4.50. The SMILES string of the molecule is NC(=O)C1CC1c1ccc(NC(=O)c2cccc(C(F)(F)F)c2)cc1. The fourth-order valence-corrected chi connectivity index (χ4v) is 2.73. The number of rotatable bonds is 4. The highest BCUT2D eigenvalue weighted by Crippen LogP contribution is 2.47. The second-order valence-electron chi connectivity index (χ2n) is 6.01. The van der Waals surface area contributed by atoms with Gasteiger partial charge in [-0.1, -0.05) is 18.2 Å². The Morgan fingerprint density at radius 2 is 1.76 bits per heavy atom. The van der Waals surface area contributed by atoms with Crippen molar-refractivity contribution in [3.63, 3.8) is 0 Å². The van der Waals surface area contributed by atoms with E-state index >= 15 is 0 Å². The lowest BCUT2D eigenvalue weighted by atomic mass is 10.1. The van der Waals surface area contributed by atoms with Gasteiger partial charge >= 0.3 is 6.18 Å². The van der Waals surface area contributed by atoms with Crippen LogP contribution < -0.4 is 11.1 Å². The average molecular weight is 348 g/mol. The molecule has 0 bridgehead atoms. The van der Waals surface area contributed by atoms with E-state index in [1.165, 1.54) is 12.1 Å². The summed E-state index contributed by atoms with van der Waals surface area (Å²) in [6.07, 6.45) is -3.79. The Labute approximate surface area is 141 Å². The van der Waals surface area contributed by atoms with Gasteiger partial charge in [0.25, 0.3) is 5.91 Å². The van der Waals surface area contributed by atoms with Crippen LogP contribution in [0.25, 0.3) is 0 Å². The van der Waals surface area contributed by atoms with Gasteiger partial charge in [-0.15, -0.1) is 0 Å². The van der Waals surface area contributed by atoms with Gasteiger partial charge in [0.15, 0.2) is 0 Å². The molecule has 1 saturated carbocycles. The van der Waals surface area contributed by atoms with Crippen LogP contribution in [-0.4, -0.2) is 11.8 Å². The van der Waals surface area contributed by atoms with E-state index in [4.69, 9.17) is 5.73 Å². The fourth-order valence-electron chi connectivity index (χ4n) is 2.73. The summed E-state index contributed by atoms with van der Waals surface area (Å²) in [5.41, 5.74) is 5.71. The van der Waals surface area contributed by atoms with Gasteiger partial charge in [0.05, 0.1) is 5.56 Å². The van der Waals surface area contributed by atoms with Crippen LogP contribution in [0.3, 0.4) is 0 Å².